The summed E-state index contributed by atoms with van der Waals surface area (Å²) in [5, 5.41) is 9.10. The van der Waals surface area contributed by atoms with Crippen molar-refractivity contribution < 1.29 is 14.7 Å². The van der Waals surface area contributed by atoms with Crippen molar-refractivity contribution in [2.45, 2.75) is 34.1 Å². The van der Waals surface area contributed by atoms with Gasteiger partial charge in [-0.05, 0) is 17.8 Å². The molecule has 0 bridgehead atoms. The Bertz CT molecular complexity index is 349. The summed E-state index contributed by atoms with van der Waals surface area (Å²) >= 11 is 0. The first kappa shape index (κ1) is 16.0. The largest absolute Gasteiger partial charge is 0.481 e. The van der Waals surface area contributed by atoms with E-state index in [9.17, 15) is 9.59 Å². The van der Waals surface area contributed by atoms with Gasteiger partial charge in [0.1, 0.15) is 0 Å². The van der Waals surface area contributed by atoms with Crippen molar-refractivity contribution in [1.29, 1.82) is 0 Å². The Morgan fingerprint density at radius 2 is 1.95 bits per heavy atom. The van der Waals surface area contributed by atoms with E-state index in [0.717, 1.165) is 6.42 Å². The number of nitrogens with zero attached hydrogens (tertiary/aromatic N) is 1. The van der Waals surface area contributed by atoms with E-state index in [1.54, 1.807) is 4.90 Å². The van der Waals surface area contributed by atoms with E-state index < -0.39 is 11.9 Å². The third-order valence-electron chi connectivity index (χ3n) is 3.73. The van der Waals surface area contributed by atoms with Crippen LogP contribution >= 0.6 is 0 Å². The molecule has 110 valence electrons. The Morgan fingerprint density at radius 3 is 2.32 bits per heavy atom. The maximum absolute atomic E-state index is 12.4. The molecule has 1 fully saturated rings. The predicted molar refractivity (Wildman–Crippen MR) is 73.5 cm³/mol. The van der Waals surface area contributed by atoms with E-state index in [2.05, 4.69) is 20.8 Å². The number of carbonyl (C=O) groups is 2. The molecule has 0 aromatic rings. The van der Waals surface area contributed by atoms with Crippen LogP contribution in [0, 0.1) is 23.2 Å². The van der Waals surface area contributed by atoms with Crippen molar-refractivity contribution in [3.63, 3.8) is 0 Å². The Balaban J connectivity index is 2.70. The third-order valence-corrected chi connectivity index (χ3v) is 3.73. The zero-order chi connectivity index (χ0) is 14.8. The number of nitrogens with two attached hydrogens (primary N) is 1. The summed E-state index contributed by atoms with van der Waals surface area (Å²) in [6.45, 7) is 9.28. The molecule has 1 rings (SSSR count). The van der Waals surface area contributed by atoms with Crippen LogP contribution in [0.15, 0.2) is 0 Å². The molecule has 0 spiro atoms. The van der Waals surface area contributed by atoms with Crippen LogP contribution in [0.1, 0.15) is 34.1 Å². The smallest absolute Gasteiger partial charge is 0.308 e. The van der Waals surface area contributed by atoms with E-state index >= 15 is 0 Å². The topological polar surface area (TPSA) is 83.6 Å². The van der Waals surface area contributed by atoms with Crippen LogP contribution in [0.25, 0.3) is 0 Å². The number of carboxylic acids is 1. The Morgan fingerprint density at radius 1 is 1.37 bits per heavy atom. The van der Waals surface area contributed by atoms with E-state index in [1.807, 2.05) is 6.92 Å². The summed E-state index contributed by atoms with van der Waals surface area (Å²) in [6, 6.07) is 0. The van der Waals surface area contributed by atoms with Gasteiger partial charge in [-0.15, -0.1) is 0 Å². The van der Waals surface area contributed by atoms with Gasteiger partial charge < -0.3 is 15.7 Å². The monoisotopic (exact) mass is 270 g/mol. The van der Waals surface area contributed by atoms with Crippen LogP contribution < -0.4 is 5.73 Å². The highest BCUT2D eigenvalue weighted by Crippen LogP contribution is 2.29. The molecule has 5 nitrogen and oxygen atoms in total. The Hall–Kier alpha value is -1.10. The minimum Gasteiger partial charge on any atom is -0.481 e. The lowest BCUT2D eigenvalue weighted by atomic mass is 9.84. The maximum Gasteiger partial charge on any atom is 0.308 e. The van der Waals surface area contributed by atoms with Crippen molar-refractivity contribution >= 4 is 11.9 Å². The predicted octanol–water partition coefficient (Wildman–Crippen LogP) is 1.18. The molecule has 1 aliphatic rings. The van der Waals surface area contributed by atoms with Crippen molar-refractivity contribution in [3.8, 4) is 0 Å². The highest BCUT2D eigenvalue weighted by Gasteiger charge is 2.39. The van der Waals surface area contributed by atoms with Crippen LogP contribution in [-0.2, 0) is 9.59 Å². The fraction of sp³-hybridized carbons (Fsp3) is 0.857. The lowest BCUT2D eigenvalue weighted by molar-refractivity contribution is -0.142. The Labute approximate surface area is 115 Å². The van der Waals surface area contributed by atoms with Crippen LogP contribution in [0.2, 0.25) is 0 Å². The van der Waals surface area contributed by atoms with Crippen LogP contribution in [0.5, 0.6) is 0 Å². The van der Waals surface area contributed by atoms with Gasteiger partial charge in [0.25, 0.3) is 0 Å². The number of rotatable bonds is 4. The molecule has 5 heteroatoms. The zero-order valence-electron chi connectivity index (χ0n) is 12.3. The summed E-state index contributed by atoms with van der Waals surface area (Å²) in [6.07, 6.45) is 0.727. The summed E-state index contributed by atoms with van der Waals surface area (Å²) in [4.78, 5) is 25.2. The molecule has 3 N–H and O–H groups in total. The Kier molecular flexibility index (Phi) is 4.96. The first-order valence-electron chi connectivity index (χ1n) is 6.87. The van der Waals surface area contributed by atoms with Gasteiger partial charge in [0.2, 0.25) is 5.91 Å². The number of amides is 1. The second-order valence-corrected chi connectivity index (χ2v) is 6.86. The molecule has 0 aromatic heterocycles. The standard InChI is InChI=1S/C14H26N2O3/c1-9-7-16(8-11(9)13(18)19)12(17)10(6-15)5-14(2,3)4/h9-11H,5-8,15H2,1-4H3,(H,18,19)/t9-,10?,11-/m1/s1. The quantitative estimate of drug-likeness (QED) is 0.803. The summed E-state index contributed by atoms with van der Waals surface area (Å²) in [7, 11) is 0. The first-order chi connectivity index (χ1) is 8.65. The molecule has 1 aliphatic heterocycles. The fourth-order valence-electron chi connectivity index (χ4n) is 2.74. The molecule has 0 radical (unpaired) electrons. The van der Waals surface area contributed by atoms with Crippen molar-refractivity contribution in [2.75, 3.05) is 19.6 Å². The SMILES string of the molecule is C[C@@H]1CN(C(=O)C(CN)CC(C)(C)C)C[C@H]1C(=O)O. The lowest BCUT2D eigenvalue weighted by Gasteiger charge is -2.28. The molecule has 1 heterocycles. The number of carbonyl (C=O) groups excluding carboxylic acids is 1. The van der Waals surface area contributed by atoms with Crippen molar-refractivity contribution in [3.05, 3.63) is 0 Å². The van der Waals surface area contributed by atoms with Gasteiger partial charge in [0.15, 0.2) is 0 Å². The average molecular weight is 270 g/mol. The van der Waals surface area contributed by atoms with Crippen molar-refractivity contribution in [2.24, 2.45) is 28.9 Å². The van der Waals surface area contributed by atoms with Gasteiger partial charge in [-0.3, -0.25) is 9.59 Å². The summed E-state index contributed by atoms with van der Waals surface area (Å²) in [5.74, 6) is -1.46. The number of hydrogen-bond donors (Lipinski definition) is 2. The van der Waals surface area contributed by atoms with Gasteiger partial charge in [0.05, 0.1) is 11.8 Å². The van der Waals surface area contributed by atoms with E-state index in [-0.39, 0.29) is 23.2 Å². The van der Waals surface area contributed by atoms with E-state index in [4.69, 9.17) is 10.8 Å². The highest BCUT2D eigenvalue weighted by molar-refractivity contribution is 5.81. The third kappa shape index (κ3) is 4.20. The molecule has 0 saturated carbocycles. The highest BCUT2D eigenvalue weighted by atomic mass is 16.4. The molecular weight excluding hydrogens is 244 g/mol. The van der Waals surface area contributed by atoms with E-state index in [1.165, 1.54) is 0 Å². The fourth-order valence-corrected chi connectivity index (χ4v) is 2.74. The zero-order valence-corrected chi connectivity index (χ0v) is 12.3. The van der Waals surface area contributed by atoms with Crippen molar-refractivity contribution in [1.82, 2.24) is 4.90 Å². The average Bonchev–Trinajstić information content (AvgIpc) is 2.66. The van der Waals surface area contributed by atoms with E-state index in [0.29, 0.717) is 19.6 Å². The van der Waals surface area contributed by atoms with Gasteiger partial charge in [-0.25, -0.2) is 0 Å². The first-order valence-corrected chi connectivity index (χ1v) is 6.87. The number of aliphatic carboxylic acids is 1. The minimum absolute atomic E-state index is 0.00743. The van der Waals surface area contributed by atoms with Crippen LogP contribution in [-0.4, -0.2) is 41.5 Å². The molecule has 0 aliphatic carbocycles. The summed E-state index contributed by atoms with van der Waals surface area (Å²) < 4.78 is 0. The molecule has 3 atom stereocenters. The van der Waals surface area contributed by atoms with Gasteiger partial charge in [0, 0.05) is 19.6 Å². The number of hydrogen-bond acceptors (Lipinski definition) is 3. The van der Waals surface area contributed by atoms with Gasteiger partial charge in [-0.1, -0.05) is 27.7 Å². The van der Waals surface area contributed by atoms with Crippen LogP contribution in [0.4, 0.5) is 0 Å². The summed E-state index contributed by atoms with van der Waals surface area (Å²) in [5.41, 5.74) is 5.75. The molecule has 1 amide bonds. The molecule has 19 heavy (non-hydrogen) atoms. The normalized spacial score (nSPS) is 25.4. The maximum atomic E-state index is 12.4. The molecule has 1 unspecified atom stereocenters. The molecule has 0 aromatic carbocycles. The number of likely N-dealkylation sites (tertiary alicyclic amines) is 1. The van der Waals surface area contributed by atoms with Gasteiger partial charge >= 0.3 is 5.97 Å². The second-order valence-electron chi connectivity index (χ2n) is 6.86. The van der Waals surface area contributed by atoms with Crippen LogP contribution in [0.3, 0.4) is 0 Å². The number of carboxylic acid groups (broad SMARTS) is 1. The minimum atomic E-state index is -0.817. The second kappa shape index (κ2) is 5.90. The molecule has 1 saturated heterocycles. The lowest BCUT2D eigenvalue weighted by Crippen LogP contribution is -2.40. The van der Waals surface area contributed by atoms with Gasteiger partial charge in [-0.2, -0.15) is 0 Å². The molecular formula is C14H26N2O3.